The van der Waals surface area contributed by atoms with Gasteiger partial charge in [0.2, 0.25) is 0 Å². The van der Waals surface area contributed by atoms with Crippen LogP contribution in [0.3, 0.4) is 0 Å². The van der Waals surface area contributed by atoms with E-state index < -0.39 is 20.2 Å². The van der Waals surface area contributed by atoms with Gasteiger partial charge in [-0.1, -0.05) is 48.5 Å². The lowest BCUT2D eigenvalue weighted by atomic mass is 9.90. The lowest BCUT2D eigenvalue weighted by molar-refractivity contribution is -0.539. The van der Waals surface area contributed by atoms with Gasteiger partial charge in [-0.25, -0.2) is 4.58 Å². The van der Waals surface area contributed by atoms with Crippen molar-refractivity contribution in [1.82, 2.24) is 0 Å². The quantitative estimate of drug-likeness (QED) is 0.100. The molecule has 0 atom stereocenters. The highest BCUT2D eigenvalue weighted by Crippen LogP contribution is 2.33. The Labute approximate surface area is 308 Å². The molecule has 272 valence electrons. The molecular weight excluding hydrogens is 695 g/mol. The van der Waals surface area contributed by atoms with Gasteiger partial charge in [0, 0.05) is 55.3 Å². The molecule has 0 unspecified atom stereocenters. The van der Waals surface area contributed by atoms with Crippen LogP contribution >= 0.6 is 0 Å². The van der Waals surface area contributed by atoms with Gasteiger partial charge in [-0.3, -0.25) is 9.11 Å². The highest BCUT2D eigenvalue weighted by Gasteiger charge is 2.18. The second kappa shape index (κ2) is 16.7. The monoisotopic (exact) mass is 740 g/mol. The van der Waals surface area contributed by atoms with Crippen LogP contribution in [0.5, 0.6) is 0 Å². The zero-order valence-corrected chi connectivity index (χ0v) is 31.6. The Morgan fingerprint density at radius 2 is 1.06 bits per heavy atom. The second-order valence-corrected chi connectivity index (χ2v) is 15.3. The largest absolute Gasteiger partial charge is 0.372 e. The van der Waals surface area contributed by atoms with Crippen molar-refractivity contribution < 1.29 is 30.5 Å². The van der Waals surface area contributed by atoms with Crippen LogP contribution in [0.4, 0.5) is 11.4 Å². The van der Waals surface area contributed by atoms with Gasteiger partial charge < -0.3 is 9.80 Å². The molecule has 9 nitrogen and oxygen atoms in total. The molecule has 0 fully saturated rings. The minimum atomic E-state index is -4.30. The van der Waals surface area contributed by atoms with Crippen LogP contribution in [0.1, 0.15) is 49.9 Å². The fourth-order valence-corrected chi connectivity index (χ4v) is 7.53. The minimum Gasteiger partial charge on any atom is -0.372 e. The first-order valence-electron chi connectivity index (χ1n) is 17.4. The molecule has 11 heteroatoms. The molecule has 0 heterocycles. The normalized spacial score (nSPS) is 13.0. The maximum absolute atomic E-state index is 11.7. The topological polar surface area (TPSA) is 118 Å². The van der Waals surface area contributed by atoms with Crippen LogP contribution in [0.25, 0.3) is 5.57 Å². The second-order valence-electron chi connectivity index (χ2n) is 12.5. The standard InChI is InChI=1S/C41H45N3O6S2/c1-5-42(6-2)36-21-15-33(16-22-36)41(34-17-23-37(24-18-34)43(7-3)29-31-11-9-13-39(27-31)51(45,46)47)35-19-25-38(26-20-35)44(8-4)30-32-12-10-14-40(28-32)52(48,49)50/h9-28H,5-8,29-30H2,1-4H3,(H-,45,46,47,48,49,50)/p+1. The zero-order chi connectivity index (χ0) is 37.5. The van der Waals surface area contributed by atoms with E-state index in [1.54, 1.807) is 12.1 Å². The smallest absolute Gasteiger partial charge is 0.294 e. The van der Waals surface area contributed by atoms with Crippen molar-refractivity contribution in [2.75, 3.05) is 36.0 Å². The zero-order valence-electron chi connectivity index (χ0n) is 30.0. The maximum Gasteiger partial charge on any atom is 0.294 e. The van der Waals surface area contributed by atoms with E-state index in [9.17, 15) is 25.9 Å². The highest BCUT2D eigenvalue weighted by atomic mass is 32.2. The van der Waals surface area contributed by atoms with E-state index in [1.165, 1.54) is 24.3 Å². The lowest BCUT2D eigenvalue weighted by Gasteiger charge is -2.24. The number of anilines is 2. The number of rotatable bonds is 14. The summed E-state index contributed by atoms with van der Waals surface area (Å²) in [5.41, 5.74) is 8.86. The molecule has 52 heavy (non-hydrogen) atoms. The Hall–Kier alpha value is -4.81. The van der Waals surface area contributed by atoms with Crippen molar-refractivity contribution in [1.29, 1.82) is 0 Å². The molecule has 4 aromatic rings. The van der Waals surface area contributed by atoms with Crippen molar-refractivity contribution in [2.45, 2.75) is 50.6 Å². The van der Waals surface area contributed by atoms with Crippen molar-refractivity contribution >= 4 is 42.9 Å². The van der Waals surface area contributed by atoms with Crippen LogP contribution in [-0.2, 0) is 33.3 Å². The van der Waals surface area contributed by atoms with E-state index >= 15 is 0 Å². The summed E-state index contributed by atoms with van der Waals surface area (Å²) in [6.07, 6.45) is 8.36. The van der Waals surface area contributed by atoms with Crippen molar-refractivity contribution in [3.8, 4) is 0 Å². The van der Waals surface area contributed by atoms with Gasteiger partial charge in [0.25, 0.3) is 20.2 Å². The summed E-state index contributed by atoms with van der Waals surface area (Å²) in [6.45, 7) is 12.5. The van der Waals surface area contributed by atoms with Gasteiger partial charge >= 0.3 is 0 Å². The molecule has 1 aliphatic carbocycles. The van der Waals surface area contributed by atoms with Crippen LogP contribution in [0.2, 0.25) is 0 Å². The number of allylic oxidation sites excluding steroid dienone is 5. The SMILES string of the molecule is CCN(CC)c1ccc(C(=C2C=CC(=[N+](CC)Cc3cccc(S(=O)(=O)O)c3)C=C2)c2ccc(N(CC)Cc3cccc(S(=O)(=O)O)c3)cc2)cc1. The van der Waals surface area contributed by atoms with Crippen LogP contribution in [-0.4, -0.2) is 62.4 Å². The fraction of sp³-hybridized carbons (Fsp3) is 0.244. The number of benzene rings is 4. The number of hydrogen-bond donors (Lipinski definition) is 2. The predicted molar refractivity (Wildman–Crippen MR) is 209 cm³/mol. The Morgan fingerprint density at radius 1 is 0.596 bits per heavy atom. The van der Waals surface area contributed by atoms with Crippen LogP contribution < -0.4 is 9.80 Å². The van der Waals surface area contributed by atoms with Gasteiger partial charge in [-0.2, -0.15) is 16.8 Å². The first-order chi connectivity index (χ1) is 24.8. The molecule has 0 bridgehead atoms. The molecular formula is C41H46N3O6S2+. The molecule has 0 amide bonds. The minimum absolute atomic E-state index is 0.123. The Kier molecular flexibility index (Phi) is 12.3. The first kappa shape index (κ1) is 38.4. The highest BCUT2D eigenvalue weighted by molar-refractivity contribution is 7.86. The third-order valence-electron chi connectivity index (χ3n) is 9.23. The maximum atomic E-state index is 11.7. The van der Waals surface area contributed by atoms with Gasteiger partial charge in [0.15, 0.2) is 12.3 Å². The summed E-state index contributed by atoms with van der Waals surface area (Å²) in [6, 6.07) is 29.7. The molecule has 0 saturated heterocycles. The Balaban J connectivity index is 1.50. The summed E-state index contributed by atoms with van der Waals surface area (Å²) in [5, 5.41) is 0. The summed E-state index contributed by atoms with van der Waals surface area (Å²) in [4.78, 5) is 4.21. The molecule has 0 aromatic heterocycles. The molecule has 0 saturated carbocycles. The van der Waals surface area contributed by atoms with Gasteiger partial charge in [0.05, 0.1) is 9.79 Å². The summed E-state index contributed by atoms with van der Waals surface area (Å²) >= 11 is 0. The Bertz CT molecular complexity index is 2220. The predicted octanol–water partition coefficient (Wildman–Crippen LogP) is 7.65. The van der Waals surface area contributed by atoms with E-state index in [-0.39, 0.29) is 9.79 Å². The number of nitrogens with zero attached hydrogens (tertiary/aromatic N) is 3. The molecule has 4 aromatic carbocycles. The van der Waals surface area contributed by atoms with Crippen molar-refractivity contribution in [2.24, 2.45) is 0 Å². The average Bonchev–Trinajstić information content (AvgIpc) is 3.14. The average molecular weight is 741 g/mol. The van der Waals surface area contributed by atoms with E-state index in [4.69, 9.17) is 0 Å². The van der Waals surface area contributed by atoms with E-state index in [0.29, 0.717) is 26.2 Å². The van der Waals surface area contributed by atoms with Gasteiger partial charge in [0.1, 0.15) is 6.54 Å². The lowest BCUT2D eigenvalue weighted by Crippen LogP contribution is -2.22. The van der Waals surface area contributed by atoms with Crippen molar-refractivity contribution in [3.63, 3.8) is 0 Å². The van der Waals surface area contributed by atoms with Crippen LogP contribution in [0.15, 0.2) is 137 Å². The summed E-state index contributed by atoms with van der Waals surface area (Å²) < 4.78 is 68.1. The third kappa shape index (κ3) is 9.34. The van der Waals surface area contributed by atoms with E-state index in [1.807, 2.05) is 26.0 Å². The summed E-state index contributed by atoms with van der Waals surface area (Å²) in [5.74, 6) is 0. The molecule has 5 rings (SSSR count). The van der Waals surface area contributed by atoms with Gasteiger partial charge in [-0.05, 0) is 116 Å². The van der Waals surface area contributed by atoms with E-state index in [2.05, 4.69) is 101 Å². The van der Waals surface area contributed by atoms with Gasteiger partial charge in [-0.15, -0.1) is 0 Å². The molecule has 0 spiro atoms. The molecule has 2 N–H and O–H groups in total. The molecule has 0 aliphatic heterocycles. The van der Waals surface area contributed by atoms with E-state index in [0.717, 1.165) is 63.6 Å². The first-order valence-corrected chi connectivity index (χ1v) is 20.3. The number of hydrogen-bond acceptors (Lipinski definition) is 6. The van der Waals surface area contributed by atoms with Crippen molar-refractivity contribution in [3.05, 3.63) is 149 Å². The Morgan fingerprint density at radius 3 is 1.52 bits per heavy atom. The third-order valence-corrected chi connectivity index (χ3v) is 10.9. The molecule has 1 aliphatic rings. The fourth-order valence-electron chi connectivity index (χ4n) is 6.43. The summed E-state index contributed by atoms with van der Waals surface area (Å²) in [7, 11) is -8.59. The molecule has 0 radical (unpaired) electrons. The van der Waals surface area contributed by atoms with Crippen LogP contribution in [0, 0.1) is 0 Å².